The standard InChI is InChI=1S/C27H24N2O/c30-27(28-25(21-13-5-1-6-14-21)22-15-7-2-8-16-22)29-26(23-17-9-3-10-18-23)24-19-11-4-12-20-24/h1-20,25-26H,(H2,28,29,30). The van der Waals surface area contributed by atoms with Crippen molar-refractivity contribution >= 4 is 6.03 Å². The van der Waals surface area contributed by atoms with Crippen molar-refractivity contribution < 1.29 is 4.79 Å². The van der Waals surface area contributed by atoms with Crippen molar-refractivity contribution in [3.05, 3.63) is 144 Å². The van der Waals surface area contributed by atoms with Gasteiger partial charge in [0.1, 0.15) is 0 Å². The molecule has 0 spiro atoms. The molecule has 0 saturated carbocycles. The molecule has 4 rings (SSSR count). The Kier molecular flexibility index (Phi) is 6.21. The van der Waals surface area contributed by atoms with Crippen LogP contribution in [0, 0.1) is 0 Å². The van der Waals surface area contributed by atoms with Gasteiger partial charge in [0, 0.05) is 0 Å². The fourth-order valence-electron chi connectivity index (χ4n) is 3.60. The van der Waals surface area contributed by atoms with E-state index in [1.807, 2.05) is 121 Å². The second kappa shape index (κ2) is 9.57. The molecule has 3 heteroatoms. The van der Waals surface area contributed by atoms with Crippen LogP contribution in [0.4, 0.5) is 4.79 Å². The Morgan fingerprint density at radius 3 is 0.900 bits per heavy atom. The zero-order valence-corrected chi connectivity index (χ0v) is 16.6. The third-order valence-corrected chi connectivity index (χ3v) is 5.08. The molecule has 3 nitrogen and oxygen atoms in total. The Balaban J connectivity index is 1.60. The Bertz CT molecular complexity index is 885. The minimum Gasteiger partial charge on any atom is -0.327 e. The maximum Gasteiger partial charge on any atom is 0.316 e. The predicted octanol–water partition coefficient (Wildman–Crippen LogP) is 5.86. The summed E-state index contributed by atoms with van der Waals surface area (Å²) in [5.41, 5.74) is 4.15. The molecule has 0 aliphatic heterocycles. The summed E-state index contributed by atoms with van der Waals surface area (Å²) in [6.07, 6.45) is 0. The van der Waals surface area contributed by atoms with Crippen molar-refractivity contribution in [3.63, 3.8) is 0 Å². The van der Waals surface area contributed by atoms with Crippen LogP contribution in [0.15, 0.2) is 121 Å². The van der Waals surface area contributed by atoms with Crippen LogP contribution in [0.2, 0.25) is 0 Å². The molecule has 0 radical (unpaired) electrons. The lowest BCUT2D eigenvalue weighted by atomic mass is 9.98. The summed E-state index contributed by atoms with van der Waals surface area (Å²) in [7, 11) is 0. The van der Waals surface area contributed by atoms with E-state index >= 15 is 0 Å². The summed E-state index contributed by atoms with van der Waals surface area (Å²) in [5, 5.41) is 6.34. The van der Waals surface area contributed by atoms with Crippen molar-refractivity contribution in [2.75, 3.05) is 0 Å². The third-order valence-electron chi connectivity index (χ3n) is 5.08. The monoisotopic (exact) mass is 392 g/mol. The quantitative estimate of drug-likeness (QED) is 0.424. The zero-order chi connectivity index (χ0) is 20.6. The first kappa shape index (κ1) is 19.5. The molecule has 30 heavy (non-hydrogen) atoms. The molecule has 0 unspecified atom stereocenters. The van der Waals surface area contributed by atoms with E-state index in [0.29, 0.717) is 0 Å². The van der Waals surface area contributed by atoms with Gasteiger partial charge >= 0.3 is 6.03 Å². The van der Waals surface area contributed by atoms with Gasteiger partial charge in [-0.3, -0.25) is 0 Å². The van der Waals surface area contributed by atoms with E-state index in [1.54, 1.807) is 0 Å². The molecule has 4 aromatic rings. The molecule has 0 saturated heterocycles. The van der Waals surface area contributed by atoms with E-state index in [-0.39, 0.29) is 18.1 Å². The summed E-state index contributed by atoms with van der Waals surface area (Å²) in [5.74, 6) is 0. The third kappa shape index (κ3) is 4.76. The fraction of sp³-hybridized carbons (Fsp3) is 0.0741. The van der Waals surface area contributed by atoms with E-state index in [4.69, 9.17) is 0 Å². The van der Waals surface area contributed by atoms with Crippen LogP contribution >= 0.6 is 0 Å². The summed E-state index contributed by atoms with van der Waals surface area (Å²) in [6.45, 7) is 0. The molecule has 0 aliphatic carbocycles. The van der Waals surface area contributed by atoms with E-state index in [0.717, 1.165) is 22.3 Å². The van der Waals surface area contributed by atoms with Crippen molar-refractivity contribution in [1.82, 2.24) is 10.6 Å². The Labute approximate surface area is 177 Å². The molecule has 0 aromatic heterocycles. The largest absolute Gasteiger partial charge is 0.327 e. The lowest BCUT2D eigenvalue weighted by Gasteiger charge is -2.24. The molecule has 2 amide bonds. The normalized spacial score (nSPS) is 10.7. The number of carbonyl (C=O) groups excluding carboxylic acids is 1. The Morgan fingerprint density at radius 2 is 0.667 bits per heavy atom. The number of hydrogen-bond acceptors (Lipinski definition) is 1. The predicted molar refractivity (Wildman–Crippen MR) is 121 cm³/mol. The highest BCUT2D eigenvalue weighted by Gasteiger charge is 2.20. The number of benzene rings is 4. The van der Waals surface area contributed by atoms with Crippen molar-refractivity contribution in [3.8, 4) is 0 Å². The number of rotatable bonds is 6. The molecule has 2 N–H and O–H groups in total. The number of carbonyl (C=O) groups is 1. The highest BCUT2D eigenvalue weighted by Crippen LogP contribution is 2.24. The Morgan fingerprint density at radius 1 is 0.433 bits per heavy atom. The van der Waals surface area contributed by atoms with Crippen LogP contribution in [-0.4, -0.2) is 6.03 Å². The highest BCUT2D eigenvalue weighted by atomic mass is 16.2. The average molecular weight is 393 g/mol. The van der Waals surface area contributed by atoms with Crippen molar-refractivity contribution in [2.45, 2.75) is 12.1 Å². The van der Waals surface area contributed by atoms with Crippen LogP contribution < -0.4 is 10.6 Å². The number of hydrogen-bond donors (Lipinski definition) is 2. The molecule has 0 atom stereocenters. The van der Waals surface area contributed by atoms with E-state index in [1.165, 1.54) is 0 Å². The second-order valence-electron chi connectivity index (χ2n) is 7.13. The van der Waals surface area contributed by atoms with Crippen molar-refractivity contribution in [1.29, 1.82) is 0 Å². The van der Waals surface area contributed by atoms with Gasteiger partial charge in [0.15, 0.2) is 0 Å². The number of amides is 2. The van der Waals surface area contributed by atoms with Gasteiger partial charge < -0.3 is 10.6 Å². The van der Waals surface area contributed by atoms with Crippen LogP contribution in [0.1, 0.15) is 34.3 Å². The van der Waals surface area contributed by atoms with E-state index < -0.39 is 0 Å². The highest BCUT2D eigenvalue weighted by molar-refractivity contribution is 5.76. The summed E-state index contributed by atoms with van der Waals surface area (Å²) in [4.78, 5) is 13.1. The van der Waals surface area contributed by atoms with Crippen LogP contribution in [-0.2, 0) is 0 Å². The van der Waals surface area contributed by atoms with Gasteiger partial charge in [0.2, 0.25) is 0 Å². The zero-order valence-electron chi connectivity index (χ0n) is 16.6. The average Bonchev–Trinajstić information content (AvgIpc) is 2.83. The first-order valence-corrected chi connectivity index (χ1v) is 10.1. The van der Waals surface area contributed by atoms with E-state index in [9.17, 15) is 4.79 Å². The van der Waals surface area contributed by atoms with Gasteiger partial charge in [-0.15, -0.1) is 0 Å². The minimum absolute atomic E-state index is 0.217. The maximum atomic E-state index is 13.1. The van der Waals surface area contributed by atoms with Gasteiger partial charge in [-0.2, -0.15) is 0 Å². The molecule has 0 aliphatic rings. The molecule has 148 valence electrons. The van der Waals surface area contributed by atoms with Crippen LogP contribution in [0.25, 0.3) is 0 Å². The first-order valence-electron chi connectivity index (χ1n) is 10.1. The van der Waals surface area contributed by atoms with Gasteiger partial charge in [0.25, 0.3) is 0 Å². The first-order chi connectivity index (χ1) is 14.8. The molecule has 4 aromatic carbocycles. The van der Waals surface area contributed by atoms with Crippen LogP contribution in [0.3, 0.4) is 0 Å². The molecular formula is C27H24N2O. The van der Waals surface area contributed by atoms with Gasteiger partial charge in [-0.05, 0) is 22.3 Å². The van der Waals surface area contributed by atoms with Gasteiger partial charge in [-0.25, -0.2) is 4.79 Å². The number of nitrogens with one attached hydrogen (secondary N) is 2. The second-order valence-corrected chi connectivity index (χ2v) is 7.13. The molecule has 0 fully saturated rings. The SMILES string of the molecule is O=C(NC(c1ccccc1)c1ccccc1)NC(c1ccccc1)c1ccccc1. The maximum absolute atomic E-state index is 13.1. The number of urea groups is 1. The van der Waals surface area contributed by atoms with Gasteiger partial charge in [0.05, 0.1) is 12.1 Å². The van der Waals surface area contributed by atoms with Crippen LogP contribution in [0.5, 0.6) is 0 Å². The topological polar surface area (TPSA) is 41.1 Å². The minimum atomic E-state index is -0.236. The Hall–Kier alpha value is -3.85. The summed E-state index contributed by atoms with van der Waals surface area (Å²) in [6, 6.07) is 39.4. The molecule has 0 heterocycles. The summed E-state index contributed by atoms with van der Waals surface area (Å²) >= 11 is 0. The van der Waals surface area contributed by atoms with Gasteiger partial charge in [-0.1, -0.05) is 121 Å². The smallest absolute Gasteiger partial charge is 0.316 e. The molecular weight excluding hydrogens is 368 g/mol. The lowest BCUT2D eigenvalue weighted by Crippen LogP contribution is -2.40. The lowest BCUT2D eigenvalue weighted by molar-refractivity contribution is 0.236. The summed E-state index contributed by atoms with van der Waals surface area (Å²) < 4.78 is 0. The fourth-order valence-corrected chi connectivity index (χ4v) is 3.60. The van der Waals surface area contributed by atoms with E-state index in [2.05, 4.69) is 10.6 Å². The van der Waals surface area contributed by atoms with Crippen molar-refractivity contribution in [2.24, 2.45) is 0 Å². The molecule has 0 bridgehead atoms.